The standard InChI is InChI=1S/C12H21NO3/c1-9(14)13-11(8-12(15)16)7-10-5-3-2-4-6-10/h10-11H,2-8H2,1H3,(H,13,14)(H,15,16)/t11-/m1/s1. The number of aliphatic carboxylic acids is 1. The molecule has 1 atom stereocenters. The van der Waals surface area contributed by atoms with E-state index in [1.807, 2.05) is 0 Å². The quantitative estimate of drug-likeness (QED) is 0.754. The van der Waals surface area contributed by atoms with Crippen LogP contribution >= 0.6 is 0 Å². The summed E-state index contributed by atoms with van der Waals surface area (Å²) in [6.07, 6.45) is 6.97. The predicted octanol–water partition coefficient (Wildman–Crippen LogP) is 1.94. The first-order valence-corrected chi connectivity index (χ1v) is 6.07. The van der Waals surface area contributed by atoms with E-state index in [0.29, 0.717) is 5.92 Å². The van der Waals surface area contributed by atoms with Gasteiger partial charge < -0.3 is 10.4 Å². The number of carboxylic acids is 1. The molecule has 0 saturated heterocycles. The molecule has 92 valence electrons. The Morgan fingerprint density at radius 3 is 2.44 bits per heavy atom. The van der Waals surface area contributed by atoms with E-state index in [1.165, 1.54) is 39.0 Å². The van der Waals surface area contributed by atoms with Crippen LogP contribution in [0.1, 0.15) is 51.9 Å². The van der Waals surface area contributed by atoms with Crippen LogP contribution in [-0.2, 0) is 9.59 Å². The zero-order valence-electron chi connectivity index (χ0n) is 9.87. The molecule has 0 bridgehead atoms. The van der Waals surface area contributed by atoms with Gasteiger partial charge in [0.05, 0.1) is 6.42 Å². The van der Waals surface area contributed by atoms with Crippen LogP contribution in [0, 0.1) is 5.92 Å². The average molecular weight is 227 g/mol. The number of carbonyl (C=O) groups is 2. The Labute approximate surface area is 96.4 Å². The molecule has 0 heterocycles. The van der Waals surface area contributed by atoms with Gasteiger partial charge in [0.25, 0.3) is 0 Å². The van der Waals surface area contributed by atoms with Crippen LogP contribution in [0.25, 0.3) is 0 Å². The molecule has 1 saturated carbocycles. The molecule has 2 N–H and O–H groups in total. The van der Waals surface area contributed by atoms with E-state index < -0.39 is 5.97 Å². The van der Waals surface area contributed by atoms with E-state index in [1.54, 1.807) is 0 Å². The SMILES string of the molecule is CC(=O)N[C@@H](CC(=O)O)CC1CCCCC1. The minimum absolute atomic E-state index is 0.0378. The van der Waals surface area contributed by atoms with Crippen LogP contribution in [0.15, 0.2) is 0 Å². The van der Waals surface area contributed by atoms with Crippen molar-refractivity contribution >= 4 is 11.9 Å². The Morgan fingerprint density at radius 1 is 1.31 bits per heavy atom. The third-order valence-electron chi connectivity index (χ3n) is 3.17. The van der Waals surface area contributed by atoms with Crippen LogP contribution in [0.5, 0.6) is 0 Å². The van der Waals surface area contributed by atoms with E-state index in [4.69, 9.17) is 5.11 Å². The van der Waals surface area contributed by atoms with Crippen molar-refractivity contribution in [3.8, 4) is 0 Å². The summed E-state index contributed by atoms with van der Waals surface area (Å²) in [5.41, 5.74) is 0. The summed E-state index contributed by atoms with van der Waals surface area (Å²) in [5.74, 6) is -0.387. The second kappa shape index (κ2) is 6.51. The number of carboxylic acid groups (broad SMARTS) is 1. The molecule has 4 heteroatoms. The second-order valence-electron chi connectivity index (χ2n) is 4.74. The number of rotatable bonds is 5. The van der Waals surface area contributed by atoms with Crippen molar-refractivity contribution < 1.29 is 14.7 Å². The van der Waals surface area contributed by atoms with Gasteiger partial charge in [-0.3, -0.25) is 9.59 Å². The monoisotopic (exact) mass is 227 g/mol. The summed E-state index contributed by atoms with van der Waals surface area (Å²) in [4.78, 5) is 21.7. The molecule has 0 aromatic carbocycles. The summed E-state index contributed by atoms with van der Waals surface area (Å²) in [7, 11) is 0. The fraction of sp³-hybridized carbons (Fsp3) is 0.833. The van der Waals surface area contributed by atoms with Crippen LogP contribution in [0.4, 0.5) is 0 Å². The van der Waals surface area contributed by atoms with Crippen LogP contribution in [0.3, 0.4) is 0 Å². The zero-order chi connectivity index (χ0) is 12.0. The van der Waals surface area contributed by atoms with Crippen molar-refractivity contribution in [2.45, 2.75) is 57.9 Å². The molecule has 1 aliphatic carbocycles. The number of hydrogen-bond donors (Lipinski definition) is 2. The van der Waals surface area contributed by atoms with Crippen molar-refractivity contribution in [2.75, 3.05) is 0 Å². The van der Waals surface area contributed by atoms with Crippen molar-refractivity contribution in [1.29, 1.82) is 0 Å². The van der Waals surface area contributed by atoms with Gasteiger partial charge in [-0.15, -0.1) is 0 Å². The lowest BCUT2D eigenvalue weighted by Gasteiger charge is -2.26. The highest BCUT2D eigenvalue weighted by Gasteiger charge is 2.21. The van der Waals surface area contributed by atoms with Crippen LogP contribution in [-0.4, -0.2) is 23.0 Å². The molecule has 16 heavy (non-hydrogen) atoms. The van der Waals surface area contributed by atoms with Gasteiger partial charge in [-0.25, -0.2) is 0 Å². The topological polar surface area (TPSA) is 66.4 Å². The lowest BCUT2D eigenvalue weighted by molar-refractivity contribution is -0.137. The summed E-state index contributed by atoms with van der Waals surface area (Å²) in [6.45, 7) is 1.44. The minimum Gasteiger partial charge on any atom is -0.481 e. The van der Waals surface area contributed by atoms with E-state index in [2.05, 4.69) is 5.32 Å². The molecule has 1 aliphatic rings. The Kier molecular flexibility index (Phi) is 5.29. The summed E-state index contributed by atoms with van der Waals surface area (Å²) in [5, 5.41) is 11.5. The third-order valence-corrected chi connectivity index (χ3v) is 3.17. The maximum atomic E-state index is 11.0. The fourth-order valence-electron chi connectivity index (χ4n) is 2.52. The van der Waals surface area contributed by atoms with Crippen molar-refractivity contribution in [1.82, 2.24) is 5.32 Å². The van der Waals surface area contributed by atoms with Crippen LogP contribution in [0.2, 0.25) is 0 Å². The first-order valence-electron chi connectivity index (χ1n) is 6.07. The van der Waals surface area contributed by atoms with E-state index in [-0.39, 0.29) is 18.4 Å². The molecule has 0 aliphatic heterocycles. The zero-order valence-corrected chi connectivity index (χ0v) is 9.87. The van der Waals surface area contributed by atoms with Crippen LogP contribution < -0.4 is 5.32 Å². The maximum absolute atomic E-state index is 11.0. The molecule has 1 amide bonds. The molecule has 1 fully saturated rings. The van der Waals surface area contributed by atoms with E-state index in [9.17, 15) is 9.59 Å². The van der Waals surface area contributed by atoms with Crippen molar-refractivity contribution in [3.05, 3.63) is 0 Å². The van der Waals surface area contributed by atoms with E-state index in [0.717, 1.165) is 6.42 Å². The average Bonchev–Trinajstić information content (AvgIpc) is 2.16. The van der Waals surface area contributed by atoms with Crippen molar-refractivity contribution in [3.63, 3.8) is 0 Å². The molecular weight excluding hydrogens is 206 g/mol. The summed E-state index contributed by atoms with van der Waals surface area (Å²) in [6, 6.07) is -0.196. The van der Waals surface area contributed by atoms with Gasteiger partial charge in [-0.05, 0) is 12.3 Å². The second-order valence-corrected chi connectivity index (χ2v) is 4.74. The molecular formula is C12H21NO3. The van der Waals surface area contributed by atoms with Gasteiger partial charge in [-0.1, -0.05) is 32.1 Å². The molecule has 0 aromatic rings. The minimum atomic E-state index is -0.838. The number of nitrogens with one attached hydrogen (secondary N) is 1. The first-order chi connectivity index (χ1) is 7.58. The smallest absolute Gasteiger partial charge is 0.305 e. The van der Waals surface area contributed by atoms with Gasteiger partial charge in [0.15, 0.2) is 0 Å². The summed E-state index contributed by atoms with van der Waals surface area (Å²) >= 11 is 0. The highest BCUT2D eigenvalue weighted by atomic mass is 16.4. The van der Waals surface area contributed by atoms with Crippen molar-refractivity contribution in [2.24, 2.45) is 5.92 Å². The van der Waals surface area contributed by atoms with Gasteiger partial charge in [-0.2, -0.15) is 0 Å². The van der Waals surface area contributed by atoms with Gasteiger partial charge >= 0.3 is 5.97 Å². The Morgan fingerprint density at radius 2 is 1.94 bits per heavy atom. The molecule has 0 aromatic heterocycles. The predicted molar refractivity (Wildman–Crippen MR) is 61.0 cm³/mol. The highest BCUT2D eigenvalue weighted by Crippen LogP contribution is 2.27. The lowest BCUT2D eigenvalue weighted by atomic mass is 9.84. The number of hydrogen-bond acceptors (Lipinski definition) is 2. The van der Waals surface area contributed by atoms with Gasteiger partial charge in [0.2, 0.25) is 5.91 Å². The van der Waals surface area contributed by atoms with E-state index >= 15 is 0 Å². The fourth-order valence-corrected chi connectivity index (χ4v) is 2.52. The van der Waals surface area contributed by atoms with Gasteiger partial charge in [0.1, 0.15) is 0 Å². The third kappa shape index (κ3) is 5.14. The molecule has 0 unspecified atom stereocenters. The van der Waals surface area contributed by atoms with Gasteiger partial charge in [0, 0.05) is 13.0 Å². The Balaban J connectivity index is 2.40. The largest absolute Gasteiger partial charge is 0.481 e. The Hall–Kier alpha value is -1.06. The number of carbonyl (C=O) groups excluding carboxylic acids is 1. The summed E-state index contributed by atoms with van der Waals surface area (Å²) < 4.78 is 0. The number of amides is 1. The molecule has 0 spiro atoms. The Bertz CT molecular complexity index is 231. The first kappa shape index (κ1) is 13.0. The maximum Gasteiger partial charge on any atom is 0.305 e. The normalized spacial score (nSPS) is 19.1. The molecule has 0 radical (unpaired) electrons. The lowest BCUT2D eigenvalue weighted by Crippen LogP contribution is -2.36. The molecule has 4 nitrogen and oxygen atoms in total. The molecule has 1 rings (SSSR count). The highest BCUT2D eigenvalue weighted by molar-refractivity contribution is 5.74.